The van der Waals surface area contributed by atoms with Crippen LogP contribution in [-0.2, 0) is 99.5 Å². The molecule has 0 radical (unpaired) electrons. The van der Waals surface area contributed by atoms with Crippen LogP contribution in [0.1, 0.15) is 89.1 Å². The van der Waals surface area contributed by atoms with Crippen molar-refractivity contribution in [2.24, 2.45) is 52.0 Å². The van der Waals surface area contributed by atoms with Crippen LogP contribution in [0.4, 0.5) is 0 Å². The van der Waals surface area contributed by atoms with Gasteiger partial charge in [-0.25, -0.2) is 4.74 Å². The smallest absolute Gasteiger partial charge is 0.340 e. The predicted molar refractivity (Wildman–Crippen MR) is 437 cm³/mol. The van der Waals surface area contributed by atoms with Crippen LogP contribution in [-0.4, -0.2) is 336 Å². The van der Waals surface area contributed by atoms with Gasteiger partial charge in [-0.05, 0) is 0 Å². The maximum atomic E-state index is 9.74. The lowest BCUT2D eigenvalue weighted by Gasteiger charge is -2.31. The highest BCUT2D eigenvalue weighted by atomic mass is 31.2. The minimum atomic E-state index is -3.35. The van der Waals surface area contributed by atoms with Crippen molar-refractivity contribution in [3.63, 3.8) is 0 Å². The van der Waals surface area contributed by atoms with Crippen LogP contribution in [0.2, 0.25) is 0 Å². The fourth-order valence-electron chi connectivity index (χ4n) is 8.56. The third-order valence-corrected chi connectivity index (χ3v) is 40.2. The molecule has 0 aliphatic carbocycles. The zero-order valence-corrected chi connectivity index (χ0v) is 64.4. The zero-order chi connectivity index (χ0) is 72.3. The van der Waals surface area contributed by atoms with Crippen molar-refractivity contribution in [2.75, 3.05) is 264 Å². The molecule has 0 bridgehead atoms. The molecule has 5 aliphatic rings. The molecule has 5 heterocycles. The van der Waals surface area contributed by atoms with Gasteiger partial charge < -0.3 is 89.6 Å². The van der Waals surface area contributed by atoms with Crippen LogP contribution in [0, 0.1) is 0 Å². The minimum Gasteiger partial charge on any atom is -0.370 e. The number of aliphatic hydroxyl groups is 14. The summed E-state index contributed by atoms with van der Waals surface area (Å²) in [5.41, 5.74) is 0. The van der Waals surface area contributed by atoms with Gasteiger partial charge in [-0.2, -0.15) is 4.52 Å². The zero-order valence-electron chi connectivity index (χ0n) is 54.5. The van der Waals surface area contributed by atoms with E-state index in [-0.39, 0.29) is 191 Å². The molecule has 58 heteroatoms. The standard InChI is InChI=1S/C22H52N6O20P6.C10H26N3O10P3.C8H20N2O6P2.12CH4/c29-13-37-49(38-14-30)7-1-26-52(43-19-35,10-4-23-49)45-21-47-54(12-6-25-51(41-17-33,42-18-34)9-3-28-54)48-22-46-53(44-20-36)11-5-24-50(39-15-31,40-16-32)8-2-27-53;1-18-25(22-9-16)6-3-11-24(20-7-14,21-8-15)5-4-12-26(13-25,19-2)23-10-17;1-13-17(14-2)5-3-10-18(15-7-11,16-8-12)6-4-9-17;;;;;;;;;;;;/h29-36H,1-22H2;14-17H,3-10H2,1-2H3;11-12H,3-8H2,1-2H3;12*1H4. The quantitative estimate of drug-likeness (QED) is 0.0200. The van der Waals surface area contributed by atoms with Gasteiger partial charge in [-0.1, -0.05) is 89.1 Å². The first-order valence-electron chi connectivity index (χ1n) is 29.0. The van der Waals surface area contributed by atoms with Crippen LogP contribution >= 0.6 is 82.7 Å². The lowest BCUT2D eigenvalue weighted by atomic mass is 10.8. The first kappa shape index (κ1) is 132. The summed E-state index contributed by atoms with van der Waals surface area (Å²) in [6.45, 7) is -9.28. The molecular formula is C52H146N11O36P11. The van der Waals surface area contributed by atoms with Crippen molar-refractivity contribution in [3.8, 4) is 0 Å². The molecule has 0 amide bonds. The third kappa shape index (κ3) is 43.5. The number of hydrogen-bond donors (Lipinski definition) is 14. The van der Waals surface area contributed by atoms with Crippen LogP contribution in [0.15, 0.2) is 52.0 Å². The van der Waals surface area contributed by atoms with Crippen molar-refractivity contribution in [2.45, 2.75) is 89.1 Å². The molecule has 0 aromatic carbocycles. The lowest BCUT2D eigenvalue weighted by molar-refractivity contribution is 0.0399. The molecule has 5 rings (SSSR count). The van der Waals surface area contributed by atoms with Crippen molar-refractivity contribution in [3.05, 3.63) is 0 Å². The topological polar surface area (TPSA) is 622 Å². The fraction of sp³-hybridized carbons (Fsp3) is 1.00. The Bertz CT molecular complexity index is 2840. The molecule has 14 N–H and O–H groups in total. The fourth-order valence-corrected chi connectivity index (χ4v) is 30.9. The summed E-state index contributed by atoms with van der Waals surface area (Å²) >= 11 is 0. The largest absolute Gasteiger partial charge is 0.370 e. The second-order valence-electron chi connectivity index (χ2n) is 17.9. The predicted octanol–water partition coefficient (Wildman–Crippen LogP) is 12.0. The molecule has 0 aromatic heterocycles. The Kier molecular flexibility index (Phi) is 84.7. The molecule has 680 valence electrons. The van der Waals surface area contributed by atoms with Gasteiger partial charge in [0.15, 0.2) is 109 Å². The number of nitrogens with zero attached hydrogens (tertiary/aromatic N) is 11. The highest BCUT2D eigenvalue weighted by molar-refractivity contribution is 7.67. The average molecular weight is 1840 g/mol. The second kappa shape index (κ2) is 70.7. The van der Waals surface area contributed by atoms with E-state index in [2.05, 4.69) is 47.2 Å². The summed E-state index contributed by atoms with van der Waals surface area (Å²) in [5.74, 6) is 0. The molecule has 0 aromatic rings. The lowest BCUT2D eigenvalue weighted by Crippen LogP contribution is -2.15. The van der Waals surface area contributed by atoms with Crippen molar-refractivity contribution in [1.29, 1.82) is 0 Å². The van der Waals surface area contributed by atoms with Gasteiger partial charge in [0.1, 0.15) is 0 Å². The minimum absolute atomic E-state index is 0. The SMILES string of the molecule is C.C.C.C.C.C.C.C.C.C.C.C.COP1(OC)=NCCP(OCO)(OCO)=NCC1.COP1(OCO)=NP(OC)(OCO)=NCCP(OCO)(OCO)=NCC1.OCOP1(OCO)=NCCP(OCO)(OCOP2(OCOP3(OCO)=NCCP(OCO)(OCO)=NCC3)=NCCP(OCO)(OCO)=NCC2)=NCC1. The molecular weight excluding hydrogens is 1700 g/mol. The van der Waals surface area contributed by atoms with Crippen molar-refractivity contribution in [1.82, 2.24) is 0 Å². The number of rotatable bonds is 40. The van der Waals surface area contributed by atoms with Gasteiger partial charge in [-0.3, -0.25) is 124 Å². The van der Waals surface area contributed by atoms with E-state index in [4.69, 9.17) is 125 Å². The Morgan fingerprint density at radius 3 is 0.509 bits per heavy atom. The first-order valence-corrected chi connectivity index (χ1v) is 48.2. The van der Waals surface area contributed by atoms with Crippen molar-refractivity contribution < 1.29 is 171 Å². The molecule has 47 nitrogen and oxygen atoms in total. The Labute approximate surface area is 656 Å². The van der Waals surface area contributed by atoms with Gasteiger partial charge in [0.25, 0.3) is 0 Å². The van der Waals surface area contributed by atoms with Crippen molar-refractivity contribution >= 4 is 82.7 Å². The van der Waals surface area contributed by atoms with E-state index in [1.165, 1.54) is 14.2 Å². The molecule has 0 saturated heterocycles. The van der Waals surface area contributed by atoms with Crippen LogP contribution in [0.5, 0.6) is 0 Å². The Balaban J connectivity index is -0.000000188. The maximum Gasteiger partial charge on any atom is 0.340 e. The Morgan fingerprint density at radius 2 is 0.327 bits per heavy atom. The highest BCUT2D eigenvalue weighted by Crippen LogP contribution is 2.68. The van der Waals surface area contributed by atoms with Gasteiger partial charge >= 0.3 is 7.66 Å². The second-order valence-corrected chi connectivity index (χ2v) is 45.8. The third-order valence-electron chi connectivity index (χ3n) is 12.9. The Morgan fingerprint density at radius 1 is 0.182 bits per heavy atom. The van der Waals surface area contributed by atoms with Gasteiger partial charge in [0, 0.05) is 28.4 Å². The van der Waals surface area contributed by atoms with Gasteiger partial charge in [0.05, 0.1) is 127 Å². The molecule has 0 spiro atoms. The number of aliphatic hydroxyl groups excluding tert-OH is 14. The first-order chi connectivity index (χ1) is 47.3. The van der Waals surface area contributed by atoms with E-state index < -0.39 is 191 Å². The molecule has 0 fully saturated rings. The molecule has 110 heavy (non-hydrogen) atoms. The normalized spacial score (nSPS) is 24.6. The number of hydrogen-bond acceptors (Lipinski definition) is 47. The maximum absolute atomic E-state index is 9.74. The van der Waals surface area contributed by atoms with E-state index in [1.54, 1.807) is 14.2 Å². The molecule has 4 unspecified atom stereocenters. The summed E-state index contributed by atoms with van der Waals surface area (Å²) in [5, 5.41) is 130. The molecule has 4 atom stereocenters. The summed E-state index contributed by atoms with van der Waals surface area (Å²) < 4.78 is 170. The van der Waals surface area contributed by atoms with E-state index >= 15 is 0 Å². The average Bonchev–Trinajstić information content (AvgIpc) is 0.816. The monoisotopic (exact) mass is 1840 g/mol. The molecule has 0 saturated carbocycles. The van der Waals surface area contributed by atoms with E-state index in [0.29, 0.717) is 25.4 Å². The summed E-state index contributed by atoms with van der Waals surface area (Å²) in [4.78, 5) is 0. The van der Waals surface area contributed by atoms with Crippen LogP contribution < -0.4 is 0 Å². The highest BCUT2D eigenvalue weighted by Gasteiger charge is 2.37. The summed E-state index contributed by atoms with van der Waals surface area (Å²) in [6.07, 6.45) is 1.53. The van der Waals surface area contributed by atoms with E-state index in [9.17, 15) is 51.1 Å². The van der Waals surface area contributed by atoms with Crippen LogP contribution in [0.3, 0.4) is 0 Å². The van der Waals surface area contributed by atoms with Gasteiger partial charge in [-0.15, -0.1) is 0 Å². The van der Waals surface area contributed by atoms with Gasteiger partial charge in [0.2, 0.25) is 75.1 Å². The van der Waals surface area contributed by atoms with E-state index in [1.807, 2.05) is 0 Å². The summed E-state index contributed by atoms with van der Waals surface area (Å²) in [7, 11) is -27.3. The van der Waals surface area contributed by atoms with Crippen LogP contribution in [0.25, 0.3) is 0 Å². The Hall–Kier alpha value is 1.09. The van der Waals surface area contributed by atoms with E-state index in [0.717, 1.165) is 0 Å². The molecule has 5 aliphatic heterocycles. The summed E-state index contributed by atoms with van der Waals surface area (Å²) in [6, 6.07) is 0.